The van der Waals surface area contributed by atoms with Gasteiger partial charge in [-0.25, -0.2) is 9.78 Å². The quantitative estimate of drug-likeness (QED) is 0.329. The minimum atomic E-state index is -0.545. The van der Waals surface area contributed by atoms with Crippen LogP contribution in [0.4, 0.5) is 0 Å². The van der Waals surface area contributed by atoms with E-state index in [0.29, 0.717) is 16.3 Å². The summed E-state index contributed by atoms with van der Waals surface area (Å²) in [6.45, 7) is 0. The van der Waals surface area contributed by atoms with E-state index < -0.39 is 5.97 Å². The molecule has 0 amide bonds. The Morgan fingerprint density at radius 2 is 1.81 bits per heavy atom. The van der Waals surface area contributed by atoms with Crippen molar-refractivity contribution in [3.05, 3.63) is 83.0 Å². The SMILES string of the molecule is COc1ccc(C(=O)O/N=C\c2ccc(Sc3ccc(Cl)cc3)nc2)cc1. The van der Waals surface area contributed by atoms with Crippen LogP contribution < -0.4 is 4.74 Å². The third-order valence-corrected chi connectivity index (χ3v) is 4.67. The van der Waals surface area contributed by atoms with Crippen LogP contribution in [0.1, 0.15) is 15.9 Å². The van der Waals surface area contributed by atoms with Gasteiger partial charge < -0.3 is 9.57 Å². The van der Waals surface area contributed by atoms with Gasteiger partial charge in [-0.2, -0.15) is 0 Å². The van der Waals surface area contributed by atoms with Gasteiger partial charge >= 0.3 is 5.97 Å². The summed E-state index contributed by atoms with van der Waals surface area (Å²) in [5.41, 5.74) is 1.11. The highest BCUT2D eigenvalue weighted by atomic mass is 35.5. The van der Waals surface area contributed by atoms with Crippen LogP contribution in [0.15, 0.2) is 81.9 Å². The second-order valence-electron chi connectivity index (χ2n) is 5.33. The molecule has 0 radical (unpaired) electrons. The Kier molecular flexibility index (Phi) is 6.46. The summed E-state index contributed by atoms with van der Waals surface area (Å²) in [6, 6.07) is 17.8. The largest absolute Gasteiger partial charge is 0.497 e. The fourth-order valence-electron chi connectivity index (χ4n) is 2.07. The molecule has 0 spiro atoms. The van der Waals surface area contributed by atoms with Crippen LogP contribution in [0.5, 0.6) is 5.75 Å². The number of carbonyl (C=O) groups is 1. The van der Waals surface area contributed by atoms with Crippen molar-refractivity contribution in [2.24, 2.45) is 5.16 Å². The number of pyridine rings is 1. The lowest BCUT2D eigenvalue weighted by molar-refractivity contribution is 0.0519. The first-order valence-corrected chi connectivity index (χ1v) is 9.12. The molecule has 0 N–H and O–H groups in total. The molecule has 1 aromatic heterocycles. The van der Waals surface area contributed by atoms with E-state index in [2.05, 4.69) is 10.1 Å². The summed E-state index contributed by atoms with van der Waals surface area (Å²) < 4.78 is 5.04. The molecule has 136 valence electrons. The predicted octanol–water partition coefficient (Wildman–Crippen LogP) is 5.09. The minimum Gasteiger partial charge on any atom is -0.497 e. The van der Waals surface area contributed by atoms with Crippen LogP contribution in [-0.2, 0) is 4.84 Å². The predicted molar refractivity (Wildman–Crippen MR) is 106 cm³/mol. The van der Waals surface area contributed by atoms with E-state index in [4.69, 9.17) is 21.2 Å². The second-order valence-corrected chi connectivity index (χ2v) is 6.86. The highest BCUT2D eigenvalue weighted by molar-refractivity contribution is 7.99. The normalized spacial score (nSPS) is 10.7. The zero-order chi connectivity index (χ0) is 19.1. The number of halogens is 1. The van der Waals surface area contributed by atoms with Crippen molar-refractivity contribution in [2.45, 2.75) is 9.92 Å². The molecule has 1 heterocycles. The fourth-order valence-corrected chi connectivity index (χ4v) is 2.95. The number of rotatable bonds is 6. The van der Waals surface area contributed by atoms with Crippen LogP contribution in [0.3, 0.4) is 0 Å². The van der Waals surface area contributed by atoms with Crippen LogP contribution in [0.25, 0.3) is 0 Å². The van der Waals surface area contributed by atoms with Crippen molar-refractivity contribution in [2.75, 3.05) is 7.11 Å². The number of carbonyl (C=O) groups excluding carboxylic acids is 1. The zero-order valence-electron chi connectivity index (χ0n) is 14.3. The van der Waals surface area contributed by atoms with Gasteiger partial charge in [0.2, 0.25) is 0 Å². The molecular weight excluding hydrogens is 384 g/mol. The van der Waals surface area contributed by atoms with Crippen molar-refractivity contribution < 1.29 is 14.4 Å². The molecule has 0 bridgehead atoms. The summed E-state index contributed by atoms with van der Waals surface area (Å²) in [6.07, 6.45) is 3.09. The van der Waals surface area contributed by atoms with E-state index in [-0.39, 0.29) is 0 Å². The Morgan fingerprint density at radius 3 is 2.44 bits per heavy atom. The Hall–Kier alpha value is -2.83. The monoisotopic (exact) mass is 398 g/mol. The van der Waals surface area contributed by atoms with E-state index in [0.717, 1.165) is 15.5 Å². The van der Waals surface area contributed by atoms with Crippen molar-refractivity contribution in [3.63, 3.8) is 0 Å². The Bertz CT molecular complexity index is 927. The number of ether oxygens (including phenoxy) is 1. The number of nitrogens with zero attached hydrogens (tertiary/aromatic N) is 2. The van der Waals surface area contributed by atoms with Gasteiger partial charge in [-0.3, -0.25) is 0 Å². The Labute approximate surface area is 166 Å². The summed E-state index contributed by atoms with van der Waals surface area (Å²) in [7, 11) is 1.56. The maximum Gasteiger partial charge on any atom is 0.365 e. The maximum absolute atomic E-state index is 11.9. The first kappa shape index (κ1) is 18.9. The molecule has 5 nitrogen and oxygen atoms in total. The van der Waals surface area contributed by atoms with Gasteiger partial charge in [0.05, 0.1) is 18.9 Å². The van der Waals surface area contributed by atoms with Gasteiger partial charge in [0.15, 0.2) is 0 Å². The lowest BCUT2D eigenvalue weighted by atomic mass is 10.2. The van der Waals surface area contributed by atoms with Crippen LogP contribution in [0, 0.1) is 0 Å². The van der Waals surface area contributed by atoms with Gasteiger partial charge in [-0.05, 0) is 60.7 Å². The molecule has 3 rings (SSSR count). The van der Waals surface area contributed by atoms with Gasteiger partial charge in [0.1, 0.15) is 10.8 Å². The molecule has 0 fully saturated rings. The zero-order valence-corrected chi connectivity index (χ0v) is 15.9. The molecular formula is C20H15ClN2O3S. The topological polar surface area (TPSA) is 60.8 Å². The molecule has 0 unspecified atom stereocenters. The molecule has 0 saturated heterocycles. The number of oxime groups is 1. The number of benzene rings is 2. The summed E-state index contributed by atoms with van der Waals surface area (Å²) in [5.74, 6) is 0.120. The van der Waals surface area contributed by atoms with Crippen LogP contribution >= 0.6 is 23.4 Å². The van der Waals surface area contributed by atoms with E-state index in [1.807, 2.05) is 36.4 Å². The Morgan fingerprint density at radius 1 is 1.07 bits per heavy atom. The standard InChI is InChI=1S/C20H15ClN2O3S/c1-25-17-7-3-15(4-8-17)20(24)26-23-13-14-2-11-19(22-12-14)27-18-9-5-16(21)6-10-18/h2-13H,1H3/b23-13-. The Balaban J connectivity index is 1.55. The van der Waals surface area contributed by atoms with E-state index >= 15 is 0 Å². The van der Waals surface area contributed by atoms with Crippen molar-refractivity contribution >= 4 is 35.5 Å². The minimum absolute atomic E-state index is 0.390. The number of hydrogen-bond acceptors (Lipinski definition) is 6. The van der Waals surface area contributed by atoms with Gasteiger partial charge in [-0.15, -0.1) is 0 Å². The van der Waals surface area contributed by atoms with Crippen LogP contribution in [0.2, 0.25) is 5.02 Å². The third kappa shape index (κ3) is 5.57. The highest BCUT2D eigenvalue weighted by Crippen LogP contribution is 2.26. The summed E-state index contributed by atoms with van der Waals surface area (Å²) >= 11 is 7.40. The number of aromatic nitrogens is 1. The van der Waals surface area contributed by atoms with Gasteiger partial charge in [0.25, 0.3) is 0 Å². The molecule has 0 aliphatic rings. The van der Waals surface area contributed by atoms with Crippen molar-refractivity contribution in [1.29, 1.82) is 0 Å². The van der Waals surface area contributed by atoms with E-state index in [1.54, 1.807) is 37.6 Å². The second kappa shape index (κ2) is 9.21. The first-order chi connectivity index (χ1) is 13.1. The molecule has 3 aromatic rings. The average molecular weight is 399 g/mol. The third-order valence-electron chi connectivity index (χ3n) is 3.46. The fraction of sp³-hybridized carbons (Fsp3) is 0.0500. The molecule has 0 saturated carbocycles. The number of methoxy groups -OCH3 is 1. The molecule has 0 atom stereocenters. The summed E-state index contributed by atoms with van der Waals surface area (Å²) in [4.78, 5) is 22.2. The van der Waals surface area contributed by atoms with Gasteiger partial charge in [-0.1, -0.05) is 28.5 Å². The van der Waals surface area contributed by atoms with Gasteiger partial charge in [0, 0.05) is 21.7 Å². The smallest absolute Gasteiger partial charge is 0.365 e. The highest BCUT2D eigenvalue weighted by Gasteiger charge is 2.06. The van der Waals surface area contributed by atoms with E-state index in [1.165, 1.54) is 18.0 Å². The van der Waals surface area contributed by atoms with Crippen molar-refractivity contribution in [3.8, 4) is 5.75 Å². The molecule has 7 heteroatoms. The molecule has 0 aliphatic heterocycles. The lowest BCUT2D eigenvalue weighted by Crippen LogP contribution is -2.01. The summed E-state index contributed by atoms with van der Waals surface area (Å²) in [5, 5.41) is 5.25. The van der Waals surface area contributed by atoms with Crippen LogP contribution in [-0.4, -0.2) is 24.3 Å². The first-order valence-electron chi connectivity index (χ1n) is 7.92. The van der Waals surface area contributed by atoms with Crippen molar-refractivity contribution in [1.82, 2.24) is 4.98 Å². The molecule has 2 aromatic carbocycles. The average Bonchev–Trinajstić information content (AvgIpc) is 2.71. The number of hydrogen-bond donors (Lipinski definition) is 0. The maximum atomic E-state index is 11.9. The molecule has 27 heavy (non-hydrogen) atoms. The lowest BCUT2D eigenvalue weighted by Gasteiger charge is -2.02. The molecule has 0 aliphatic carbocycles. The van der Waals surface area contributed by atoms with E-state index in [9.17, 15) is 4.79 Å².